The summed E-state index contributed by atoms with van der Waals surface area (Å²) in [7, 11) is 0. The fraction of sp³-hybridized carbons (Fsp3) is 0.400. The lowest BCUT2D eigenvalue weighted by atomic mass is 10.2. The van der Waals surface area contributed by atoms with Crippen molar-refractivity contribution < 1.29 is 0 Å². The first-order valence-corrected chi connectivity index (χ1v) is 6.99. The zero-order chi connectivity index (χ0) is 13.2. The van der Waals surface area contributed by atoms with Crippen LogP contribution in [-0.2, 0) is 0 Å². The van der Waals surface area contributed by atoms with E-state index in [0.29, 0.717) is 16.6 Å². The molecule has 0 saturated carbocycles. The largest absolute Gasteiger partial charge is 0.370 e. The van der Waals surface area contributed by atoms with E-state index in [0.717, 1.165) is 31.9 Å². The second-order valence-corrected chi connectivity index (χ2v) is 5.50. The van der Waals surface area contributed by atoms with Crippen LogP contribution in [0.5, 0.6) is 0 Å². The average molecular weight is 274 g/mol. The second-order valence-electron chi connectivity index (χ2n) is 5.09. The number of anilines is 1. The number of nitrogens with zero attached hydrogens (tertiary/aromatic N) is 3. The summed E-state index contributed by atoms with van der Waals surface area (Å²) in [6.45, 7) is 4.26. The van der Waals surface area contributed by atoms with Gasteiger partial charge >= 0.3 is 0 Å². The Bertz CT molecular complexity index is 539. The summed E-state index contributed by atoms with van der Waals surface area (Å²) in [5, 5.41) is 9.45. The minimum absolute atomic E-state index is 0.546. The molecule has 1 fully saturated rings. The predicted octanol–water partition coefficient (Wildman–Crippen LogP) is 2.66. The number of hydrogen-bond acceptors (Lipinski definition) is 3. The molecule has 1 unspecified atom stereocenters. The van der Waals surface area contributed by atoms with Crippen LogP contribution in [0.25, 0.3) is 0 Å². The molecule has 0 spiro atoms. The third-order valence-corrected chi connectivity index (χ3v) is 4.28. The third kappa shape index (κ3) is 2.47. The SMILES string of the molecule is N#Cc1ccc(N2CCC(N3CC=CC3)C2)cc1Cl. The van der Waals surface area contributed by atoms with Crippen LogP contribution < -0.4 is 4.90 Å². The van der Waals surface area contributed by atoms with Crippen molar-refractivity contribution in [2.45, 2.75) is 12.5 Å². The van der Waals surface area contributed by atoms with Crippen molar-refractivity contribution >= 4 is 17.3 Å². The van der Waals surface area contributed by atoms with Gasteiger partial charge < -0.3 is 4.90 Å². The first kappa shape index (κ1) is 12.5. The van der Waals surface area contributed by atoms with Gasteiger partial charge in [0, 0.05) is 37.9 Å². The van der Waals surface area contributed by atoms with Crippen LogP contribution in [-0.4, -0.2) is 37.1 Å². The van der Waals surface area contributed by atoms with E-state index >= 15 is 0 Å². The van der Waals surface area contributed by atoms with E-state index in [4.69, 9.17) is 16.9 Å². The number of hydrogen-bond donors (Lipinski definition) is 0. The molecule has 2 aliphatic heterocycles. The van der Waals surface area contributed by atoms with Gasteiger partial charge in [-0.05, 0) is 24.6 Å². The molecule has 0 N–H and O–H groups in total. The molecule has 98 valence electrons. The highest BCUT2D eigenvalue weighted by Gasteiger charge is 2.28. The summed E-state index contributed by atoms with van der Waals surface area (Å²) >= 11 is 6.10. The molecule has 3 rings (SSSR count). The van der Waals surface area contributed by atoms with E-state index in [-0.39, 0.29) is 0 Å². The lowest BCUT2D eigenvalue weighted by Gasteiger charge is -2.24. The number of halogens is 1. The van der Waals surface area contributed by atoms with Crippen LogP contribution in [0, 0.1) is 11.3 Å². The Labute approximate surface area is 118 Å². The van der Waals surface area contributed by atoms with Crippen molar-refractivity contribution in [3.63, 3.8) is 0 Å². The molecule has 4 heteroatoms. The predicted molar refractivity (Wildman–Crippen MR) is 77.5 cm³/mol. The maximum atomic E-state index is 8.90. The Hall–Kier alpha value is -1.50. The van der Waals surface area contributed by atoms with E-state index in [2.05, 4.69) is 28.0 Å². The number of nitriles is 1. The first-order chi connectivity index (χ1) is 9.28. The van der Waals surface area contributed by atoms with E-state index in [1.807, 2.05) is 18.2 Å². The molecule has 0 bridgehead atoms. The minimum Gasteiger partial charge on any atom is -0.370 e. The Morgan fingerprint density at radius 2 is 2.05 bits per heavy atom. The summed E-state index contributed by atoms with van der Waals surface area (Å²) in [5.41, 5.74) is 1.67. The molecule has 2 heterocycles. The standard InChI is InChI=1S/C15H16ClN3/c16-15-9-13(4-3-12(15)10-17)19-8-5-14(11-19)18-6-1-2-7-18/h1-4,9,14H,5-8,11H2. The van der Waals surface area contributed by atoms with Gasteiger partial charge in [-0.25, -0.2) is 0 Å². The van der Waals surface area contributed by atoms with Crippen LogP contribution in [0.4, 0.5) is 5.69 Å². The topological polar surface area (TPSA) is 30.3 Å². The van der Waals surface area contributed by atoms with Gasteiger partial charge in [-0.15, -0.1) is 0 Å². The molecule has 0 aliphatic carbocycles. The highest BCUT2D eigenvalue weighted by atomic mass is 35.5. The number of benzene rings is 1. The van der Waals surface area contributed by atoms with Crippen molar-refractivity contribution in [2.75, 3.05) is 31.1 Å². The molecule has 0 radical (unpaired) electrons. The summed E-state index contributed by atoms with van der Waals surface area (Å²) in [6.07, 6.45) is 5.67. The molecule has 1 aromatic carbocycles. The van der Waals surface area contributed by atoms with Gasteiger partial charge in [0.2, 0.25) is 0 Å². The Morgan fingerprint density at radius 3 is 2.74 bits per heavy atom. The van der Waals surface area contributed by atoms with Crippen molar-refractivity contribution in [1.29, 1.82) is 5.26 Å². The van der Waals surface area contributed by atoms with E-state index in [1.165, 1.54) is 6.42 Å². The molecule has 2 aliphatic rings. The number of rotatable bonds is 2. The van der Waals surface area contributed by atoms with Crippen molar-refractivity contribution in [3.8, 4) is 6.07 Å². The normalized spacial score (nSPS) is 22.9. The smallest absolute Gasteiger partial charge is 0.101 e. The summed E-state index contributed by atoms with van der Waals surface area (Å²) in [6, 6.07) is 8.44. The van der Waals surface area contributed by atoms with E-state index in [9.17, 15) is 0 Å². The molecule has 1 aromatic rings. The molecular formula is C15H16ClN3. The Balaban J connectivity index is 1.70. The van der Waals surface area contributed by atoms with Gasteiger partial charge in [-0.3, -0.25) is 4.90 Å². The molecule has 0 aromatic heterocycles. The lowest BCUT2D eigenvalue weighted by Crippen LogP contribution is -2.35. The first-order valence-electron chi connectivity index (χ1n) is 6.61. The maximum absolute atomic E-state index is 8.90. The third-order valence-electron chi connectivity index (χ3n) is 3.96. The Morgan fingerprint density at radius 1 is 1.26 bits per heavy atom. The maximum Gasteiger partial charge on any atom is 0.101 e. The average Bonchev–Trinajstić information content (AvgIpc) is 3.09. The summed E-state index contributed by atoms with van der Waals surface area (Å²) in [5.74, 6) is 0. The minimum atomic E-state index is 0.546. The van der Waals surface area contributed by atoms with Crippen LogP contribution in [0.3, 0.4) is 0 Å². The molecular weight excluding hydrogens is 258 g/mol. The zero-order valence-electron chi connectivity index (χ0n) is 10.7. The highest BCUT2D eigenvalue weighted by Crippen LogP contribution is 2.27. The molecule has 0 amide bonds. The summed E-state index contributed by atoms with van der Waals surface area (Å²) in [4.78, 5) is 4.86. The molecule has 1 atom stereocenters. The molecule has 3 nitrogen and oxygen atoms in total. The second kappa shape index (κ2) is 5.24. The van der Waals surface area contributed by atoms with Crippen LogP contribution in [0.15, 0.2) is 30.4 Å². The monoisotopic (exact) mass is 273 g/mol. The van der Waals surface area contributed by atoms with E-state index in [1.54, 1.807) is 0 Å². The van der Waals surface area contributed by atoms with Gasteiger partial charge in [0.15, 0.2) is 0 Å². The van der Waals surface area contributed by atoms with Crippen LogP contribution in [0.2, 0.25) is 5.02 Å². The van der Waals surface area contributed by atoms with Gasteiger partial charge in [0.25, 0.3) is 0 Å². The van der Waals surface area contributed by atoms with Crippen molar-refractivity contribution in [2.24, 2.45) is 0 Å². The van der Waals surface area contributed by atoms with Gasteiger partial charge in [-0.1, -0.05) is 23.8 Å². The van der Waals surface area contributed by atoms with Gasteiger partial charge in [0.1, 0.15) is 6.07 Å². The van der Waals surface area contributed by atoms with Gasteiger partial charge in [-0.2, -0.15) is 5.26 Å². The zero-order valence-corrected chi connectivity index (χ0v) is 11.5. The Kier molecular flexibility index (Phi) is 3.46. The van der Waals surface area contributed by atoms with Gasteiger partial charge in [0.05, 0.1) is 10.6 Å². The van der Waals surface area contributed by atoms with Crippen molar-refractivity contribution in [1.82, 2.24) is 4.90 Å². The highest BCUT2D eigenvalue weighted by molar-refractivity contribution is 6.32. The molecule has 19 heavy (non-hydrogen) atoms. The lowest BCUT2D eigenvalue weighted by molar-refractivity contribution is 0.271. The fourth-order valence-electron chi connectivity index (χ4n) is 2.86. The quantitative estimate of drug-likeness (QED) is 0.776. The fourth-order valence-corrected chi connectivity index (χ4v) is 3.08. The van der Waals surface area contributed by atoms with Crippen LogP contribution >= 0.6 is 11.6 Å². The van der Waals surface area contributed by atoms with E-state index < -0.39 is 0 Å². The summed E-state index contributed by atoms with van der Waals surface area (Å²) < 4.78 is 0. The van der Waals surface area contributed by atoms with Crippen LogP contribution in [0.1, 0.15) is 12.0 Å². The van der Waals surface area contributed by atoms with Crippen molar-refractivity contribution in [3.05, 3.63) is 40.9 Å². The molecule has 1 saturated heterocycles.